The van der Waals surface area contributed by atoms with Gasteiger partial charge >= 0.3 is 0 Å². The third kappa shape index (κ3) is 3.80. The zero-order valence-electron chi connectivity index (χ0n) is 13.8. The number of aromatic nitrogens is 3. The highest BCUT2D eigenvalue weighted by molar-refractivity contribution is 7.09. The lowest BCUT2D eigenvalue weighted by Crippen LogP contribution is -2.26. The molecular weight excluding hydrogens is 308 g/mol. The first kappa shape index (κ1) is 16.2. The second-order valence-corrected chi connectivity index (χ2v) is 7.22. The van der Waals surface area contributed by atoms with Crippen molar-refractivity contribution < 1.29 is 4.79 Å². The summed E-state index contributed by atoms with van der Waals surface area (Å²) in [5.41, 5.74) is 2.80. The van der Waals surface area contributed by atoms with E-state index < -0.39 is 0 Å². The molecule has 2 aromatic heterocycles. The van der Waals surface area contributed by atoms with Crippen molar-refractivity contribution in [2.75, 3.05) is 6.54 Å². The van der Waals surface area contributed by atoms with Crippen molar-refractivity contribution in [1.82, 2.24) is 20.1 Å². The molecule has 0 atom stereocenters. The van der Waals surface area contributed by atoms with Crippen LogP contribution in [0.15, 0.2) is 11.6 Å². The van der Waals surface area contributed by atoms with Gasteiger partial charge in [0.2, 0.25) is 0 Å². The molecule has 1 aliphatic rings. The Morgan fingerprint density at radius 2 is 2.17 bits per heavy atom. The Labute approximate surface area is 141 Å². The Morgan fingerprint density at radius 1 is 1.39 bits per heavy atom. The molecule has 1 aliphatic carbocycles. The monoisotopic (exact) mass is 332 g/mol. The van der Waals surface area contributed by atoms with Gasteiger partial charge in [-0.05, 0) is 19.8 Å². The van der Waals surface area contributed by atoms with E-state index in [1.807, 2.05) is 14.0 Å². The number of carbonyl (C=O) groups is 1. The van der Waals surface area contributed by atoms with Gasteiger partial charge < -0.3 is 5.32 Å². The Bertz CT molecular complexity index is 670. The molecule has 1 N–H and O–H groups in total. The van der Waals surface area contributed by atoms with Crippen molar-refractivity contribution in [1.29, 1.82) is 0 Å². The van der Waals surface area contributed by atoms with Crippen LogP contribution in [0.25, 0.3) is 0 Å². The number of thiazole rings is 1. The maximum absolute atomic E-state index is 12.1. The fourth-order valence-corrected chi connectivity index (χ4v) is 4.01. The lowest BCUT2D eigenvalue weighted by Gasteiger charge is -2.19. The molecule has 23 heavy (non-hydrogen) atoms. The Hall–Kier alpha value is -1.69. The molecule has 0 radical (unpaired) electrons. The minimum atomic E-state index is -0.0559. The van der Waals surface area contributed by atoms with Crippen LogP contribution in [0.5, 0.6) is 0 Å². The van der Waals surface area contributed by atoms with Crippen molar-refractivity contribution in [2.24, 2.45) is 7.05 Å². The molecule has 1 saturated carbocycles. The first-order chi connectivity index (χ1) is 11.1. The van der Waals surface area contributed by atoms with Crippen LogP contribution in [-0.4, -0.2) is 27.2 Å². The zero-order valence-corrected chi connectivity index (χ0v) is 14.7. The number of nitrogens with one attached hydrogen (secondary N) is 1. The Balaban J connectivity index is 1.50. The van der Waals surface area contributed by atoms with E-state index in [4.69, 9.17) is 4.98 Å². The van der Waals surface area contributed by atoms with Crippen molar-refractivity contribution in [2.45, 2.75) is 51.4 Å². The van der Waals surface area contributed by atoms with E-state index in [1.165, 1.54) is 37.8 Å². The number of nitrogens with zero attached hydrogens (tertiary/aromatic N) is 3. The van der Waals surface area contributed by atoms with Crippen LogP contribution >= 0.6 is 11.3 Å². The van der Waals surface area contributed by atoms with Gasteiger partial charge in [0.15, 0.2) is 0 Å². The van der Waals surface area contributed by atoms with Crippen LogP contribution in [0.1, 0.15) is 64.8 Å². The van der Waals surface area contributed by atoms with Gasteiger partial charge in [-0.25, -0.2) is 4.98 Å². The normalized spacial score (nSPS) is 15.7. The summed E-state index contributed by atoms with van der Waals surface area (Å²) in [7, 11) is 1.84. The van der Waals surface area contributed by atoms with Crippen molar-refractivity contribution >= 4 is 17.2 Å². The number of hydrogen-bond donors (Lipinski definition) is 1. The highest BCUT2D eigenvalue weighted by Gasteiger charge is 2.18. The number of hydrogen-bond acceptors (Lipinski definition) is 4. The topological polar surface area (TPSA) is 59.8 Å². The minimum absolute atomic E-state index is 0.0559. The van der Waals surface area contributed by atoms with Crippen LogP contribution in [0.2, 0.25) is 0 Å². The molecule has 0 aromatic carbocycles. The minimum Gasteiger partial charge on any atom is -0.352 e. The van der Waals surface area contributed by atoms with Gasteiger partial charge in [-0.1, -0.05) is 19.3 Å². The summed E-state index contributed by atoms with van der Waals surface area (Å²) >= 11 is 1.72. The molecule has 2 aromatic rings. The summed E-state index contributed by atoms with van der Waals surface area (Å²) in [5, 5.41) is 10.4. The lowest BCUT2D eigenvalue weighted by molar-refractivity contribution is 0.0953. The molecule has 3 rings (SSSR count). The summed E-state index contributed by atoms with van der Waals surface area (Å²) < 4.78 is 1.71. The average Bonchev–Trinajstić information content (AvgIpc) is 3.16. The van der Waals surface area contributed by atoms with Crippen LogP contribution in [0.4, 0.5) is 0 Å². The van der Waals surface area contributed by atoms with Gasteiger partial charge in [-0.2, -0.15) is 5.10 Å². The number of amides is 1. The van der Waals surface area contributed by atoms with Crippen molar-refractivity contribution in [3.63, 3.8) is 0 Å². The van der Waals surface area contributed by atoms with Gasteiger partial charge in [0, 0.05) is 37.0 Å². The standard InChI is InChI=1S/C17H24N4OS/c1-12-14(10-19-21(12)2)17(22)18-9-8-16-20-15(11-23-16)13-6-4-3-5-7-13/h10-11,13H,3-9H2,1-2H3,(H,18,22). The molecule has 5 nitrogen and oxygen atoms in total. The van der Waals surface area contributed by atoms with Gasteiger partial charge in [0.05, 0.1) is 22.5 Å². The predicted molar refractivity (Wildman–Crippen MR) is 91.9 cm³/mol. The van der Waals surface area contributed by atoms with E-state index in [9.17, 15) is 4.79 Å². The number of carbonyl (C=O) groups excluding carboxylic acids is 1. The smallest absolute Gasteiger partial charge is 0.254 e. The molecule has 2 heterocycles. The molecule has 124 valence electrons. The van der Waals surface area contributed by atoms with E-state index in [2.05, 4.69) is 15.8 Å². The molecule has 6 heteroatoms. The summed E-state index contributed by atoms with van der Waals surface area (Å²) in [6.45, 7) is 2.52. The third-order valence-corrected chi connectivity index (χ3v) is 5.62. The largest absolute Gasteiger partial charge is 0.352 e. The second-order valence-electron chi connectivity index (χ2n) is 6.27. The van der Waals surface area contributed by atoms with Crippen LogP contribution in [-0.2, 0) is 13.5 Å². The summed E-state index contributed by atoms with van der Waals surface area (Å²) in [4.78, 5) is 16.9. The molecule has 0 spiro atoms. The SMILES string of the molecule is Cc1c(C(=O)NCCc2nc(C3CCCCC3)cs2)cnn1C. The molecule has 1 fully saturated rings. The maximum Gasteiger partial charge on any atom is 0.254 e. The predicted octanol–water partition coefficient (Wildman–Crippen LogP) is 3.21. The highest BCUT2D eigenvalue weighted by Crippen LogP contribution is 2.33. The summed E-state index contributed by atoms with van der Waals surface area (Å²) in [6.07, 6.45) is 9.00. The fourth-order valence-electron chi connectivity index (χ4n) is 3.13. The van der Waals surface area contributed by atoms with Gasteiger partial charge in [-0.3, -0.25) is 9.48 Å². The third-order valence-electron chi connectivity index (χ3n) is 4.70. The summed E-state index contributed by atoms with van der Waals surface area (Å²) in [6, 6.07) is 0. The quantitative estimate of drug-likeness (QED) is 0.914. The van der Waals surface area contributed by atoms with E-state index in [1.54, 1.807) is 22.2 Å². The van der Waals surface area contributed by atoms with E-state index in [-0.39, 0.29) is 5.91 Å². The Kier molecular flexibility index (Phi) is 5.10. The lowest BCUT2D eigenvalue weighted by atomic mass is 9.87. The number of aryl methyl sites for hydroxylation is 1. The molecular formula is C17H24N4OS. The molecule has 1 amide bonds. The van der Waals surface area contributed by atoms with Crippen LogP contribution < -0.4 is 5.32 Å². The van der Waals surface area contributed by atoms with Gasteiger partial charge in [-0.15, -0.1) is 11.3 Å². The van der Waals surface area contributed by atoms with Crippen LogP contribution in [0.3, 0.4) is 0 Å². The molecule has 0 bridgehead atoms. The summed E-state index contributed by atoms with van der Waals surface area (Å²) in [5.74, 6) is 0.598. The van der Waals surface area contributed by atoms with E-state index in [0.717, 1.165) is 17.1 Å². The molecule has 0 aliphatic heterocycles. The van der Waals surface area contributed by atoms with E-state index >= 15 is 0 Å². The maximum atomic E-state index is 12.1. The highest BCUT2D eigenvalue weighted by atomic mass is 32.1. The molecule has 0 saturated heterocycles. The van der Waals surface area contributed by atoms with Gasteiger partial charge in [0.25, 0.3) is 5.91 Å². The van der Waals surface area contributed by atoms with E-state index in [0.29, 0.717) is 18.0 Å². The van der Waals surface area contributed by atoms with Crippen molar-refractivity contribution in [3.8, 4) is 0 Å². The second kappa shape index (κ2) is 7.25. The first-order valence-corrected chi connectivity index (χ1v) is 9.24. The van der Waals surface area contributed by atoms with Crippen LogP contribution in [0, 0.1) is 6.92 Å². The molecule has 0 unspecified atom stereocenters. The van der Waals surface area contributed by atoms with Gasteiger partial charge in [0.1, 0.15) is 0 Å². The number of rotatable bonds is 5. The fraction of sp³-hybridized carbons (Fsp3) is 0.588. The van der Waals surface area contributed by atoms with Crippen molar-refractivity contribution in [3.05, 3.63) is 33.5 Å². The Morgan fingerprint density at radius 3 is 2.87 bits per heavy atom. The first-order valence-electron chi connectivity index (χ1n) is 8.36. The zero-order chi connectivity index (χ0) is 16.2. The average molecular weight is 332 g/mol.